The molecule has 2 heterocycles. The molecule has 6 N–H and O–H groups in total. The standard InChI is InChI=1S/C9H15N5O.C4H6O6/c10-7-6-8(12-9(11)14(7)15)13-4-2-1-3-5-13;5-1(3(7)8)2(6)4(9)10/h6,11,15H,1-5,10H2;1-2,5-6H,(H,7,8)(H,9,10)/p-2. The number of carboxylic acids is 2. The number of carbonyl (C=O) groups excluding carboxylic acids is 2. The first-order valence-electron chi connectivity index (χ1n) is 7.31. The van der Waals surface area contributed by atoms with Crippen molar-refractivity contribution in [3.63, 3.8) is 0 Å². The summed E-state index contributed by atoms with van der Waals surface area (Å²) >= 11 is 0. The maximum absolute atomic E-state index is 9.63. The van der Waals surface area contributed by atoms with Crippen LogP contribution in [0.3, 0.4) is 0 Å². The molecule has 0 aliphatic carbocycles. The molecule has 25 heavy (non-hydrogen) atoms. The SMILES string of the molecule is N=c1nc(N2CCCCC2)cc(N)n1O.O=C([O-])C(O)C(O)C(=O)[O-]. The monoisotopic (exact) mass is 357 g/mol. The fourth-order valence-corrected chi connectivity index (χ4v) is 2.05. The number of carbonyl (C=O) groups is 2. The highest BCUT2D eigenvalue weighted by atomic mass is 16.5. The number of aliphatic hydroxyl groups is 2. The van der Waals surface area contributed by atoms with Crippen molar-refractivity contribution < 1.29 is 35.2 Å². The largest absolute Gasteiger partial charge is 0.547 e. The van der Waals surface area contributed by atoms with Gasteiger partial charge in [0.1, 0.15) is 23.8 Å². The van der Waals surface area contributed by atoms with Crippen molar-refractivity contribution in [3.05, 3.63) is 11.7 Å². The number of nitrogens with two attached hydrogens (primary N) is 1. The van der Waals surface area contributed by atoms with E-state index < -0.39 is 24.1 Å². The van der Waals surface area contributed by atoms with Crippen molar-refractivity contribution in [1.82, 2.24) is 9.71 Å². The minimum absolute atomic E-state index is 0.149. The number of aliphatic hydroxyl groups excluding tert-OH is 2. The number of carboxylic acid groups (broad SMARTS) is 2. The van der Waals surface area contributed by atoms with Gasteiger partial charge in [-0.3, -0.25) is 5.41 Å². The van der Waals surface area contributed by atoms with Crippen LogP contribution >= 0.6 is 0 Å². The zero-order valence-corrected chi connectivity index (χ0v) is 13.2. The van der Waals surface area contributed by atoms with E-state index in [-0.39, 0.29) is 11.4 Å². The second-order valence-electron chi connectivity index (χ2n) is 5.25. The van der Waals surface area contributed by atoms with Crippen LogP contribution in [0.1, 0.15) is 19.3 Å². The van der Waals surface area contributed by atoms with E-state index in [4.69, 9.17) is 21.4 Å². The van der Waals surface area contributed by atoms with E-state index in [1.54, 1.807) is 6.07 Å². The Kier molecular flexibility index (Phi) is 7.14. The molecule has 0 bridgehead atoms. The number of aliphatic carboxylic acids is 2. The first kappa shape index (κ1) is 20.2. The second-order valence-corrected chi connectivity index (χ2v) is 5.25. The minimum atomic E-state index is -2.44. The number of piperidine rings is 1. The van der Waals surface area contributed by atoms with Gasteiger partial charge in [0.05, 0.1) is 11.9 Å². The fourth-order valence-electron chi connectivity index (χ4n) is 2.05. The van der Waals surface area contributed by atoms with E-state index in [2.05, 4.69) is 9.88 Å². The Morgan fingerprint density at radius 3 is 2.04 bits per heavy atom. The quantitative estimate of drug-likeness (QED) is 0.325. The lowest BCUT2D eigenvalue weighted by atomic mass is 10.1. The summed E-state index contributed by atoms with van der Waals surface area (Å²) in [4.78, 5) is 25.3. The zero-order chi connectivity index (χ0) is 19.1. The van der Waals surface area contributed by atoms with Crippen LogP contribution in [0.4, 0.5) is 11.6 Å². The van der Waals surface area contributed by atoms with Gasteiger partial charge in [0.2, 0.25) is 0 Å². The predicted molar refractivity (Wildman–Crippen MR) is 77.8 cm³/mol. The molecule has 12 heteroatoms. The molecule has 0 radical (unpaired) electrons. The third-order valence-corrected chi connectivity index (χ3v) is 3.40. The summed E-state index contributed by atoms with van der Waals surface area (Å²) < 4.78 is 0.577. The van der Waals surface area contributed by atoms with Gasteiger partial charge in [-0.15, -0.1) is 4.73 Å². The lowest BCUT2D eigenvalue weighted by Gasteiger charge is -2.27. The van der Waals surface area contributed by atoms with Gasteiger partial charge in [-0.2, -0.15) is 4.98 Å². The molecule has 1 aliphatic rings. The molecule has 0 saturated carbocycles. The summed E-state index contributed by atoms with van der Waals surface area (Å²) in [5.74, 6) is -3.29. The van der Waals surface area contributed by atoms with E-state index in [1.165, 1.54) is 6.42 Å². The maximum atomic E-state index is 9.63. The average molecular weight is 357 g/mol. The van der Waals surface area contributed by atoms with Gasteiger partial charge < -0.3 is 45.9 Å². The van der Waals surface area contributed by atoms with Gasteiger partial charge in [-0.1, -0.05) is 0 Å². The van der Waals surface area contributed by atoms with E-state index in [9.17, 15) is 25.0 Å². The molecule has 1 aliphatic heterocycles. The van der Waals surface area contributed by atoms with Crippen molar-refractivity contribution in [1.29, 1.82) is 5.41 Å². The van der Waals surface area contributed by atoms with Crippen molar-refractivity contribution >= 4 is 23.6 Å². The number of nitrogen functional groups attached to an aromatic ring is 1. The molecule has 2 rings (SSSR count). The summed E-state index contributed by atoms with van der Waals surface area (Å²) in [7, 11) is 0. The van der Waals surface area contributed by atoms with Crippen LogP contribution in [-0.4, -0.2) is 62.4 Å². The third-order valence-electron chi connectivity index (χ3n) is 3.40. The zero-order valence-electron chi connectivity index (χ0n) is 13.2. The van der Waals surface area contributed by atoms with Gasteiger partial charge in [-0.25, -0.2) is 0 Å². The molecule has 1 saturated heterocycles. The van der Waals surface area contributed by atoms with Gasteiger partial charge >= 0.3 is 0 Å². The molecule has 2 unspecified atom stereocenters. The summed E-state index contributed by atoms with van der Waals surface area (Å²) in [6, 6.07) is 1.60. The molecule has 12 nitrogen and oxygen atoms in total. The summed E-state index contributed by atoms with van der Waals surface area (Å²) in [6.07, 6.45) is -1.35. The lowest BCUT2D eigenvalue weighted by molar-refractivity contribution is -0.333. The van der Waals surface area contributed by atoms with E-state index >= 15 is 0 Å². The number of aromatic nitrogens is 2. The molecule has 140 valence electrons. The smallest absolute Gasteiger partial charge is 0.259 e. The number of anilines is 2. The van der Waals surface area contributed by atoms with Crippen LogP contribution in [0.15, 0.2) is 6.07 Å². The Labute approximate surface area is 141 Å². The number of rotatable bonds is 4. The molecule has 1 aromatic heterocycles. The summed E-state index contributed by atoms with van der Waals surface area (Å²) in [5, 5.41) is 52.4. The van der Waals surface area contributed by atoms with Crippen LogP contribution < -0.4 is 26.5 Å². The fraction of sp³-hybridized carbons (Fsp3) is 0.538. The first-order chi connectivity index (χ1) is 11.6. The molecule has 0 aromatic carbocycles. The van der Waals surface area contributed by atoms with Gasteiger partial charge in [0, 0.05) is 19.2 Å². The number of hydrogen-bond acceptors (Lipinski definition) is 11. The average Bonchev–Trinajstić information content (AvgIpc) is 2.59. The Bertz CT molecular complexity index is 653. The highest BCUT2D eigenvalue weighted by molar-refractivity contribution is 5.80. The Balaban J connectivity index is 0.000000275. The number of hydrogen-bond donors (Lipinski definition) is 5. The minimum Gasteiger partial charge on any atom is -0.547 e. The van der Waals surface area contributed by atoms with Gasteiger partial charge in [0.25, 0.3) is 5.62 Å². The molecule has 0 spiro atoms. The predicted octanol–water partition coefficient (Wildman–Crippen LogP) is -4.62. The van der Waals surface area contributed by atoms with Crippen molar-refractivity contribution in [2.24, 2.45) is 0 Å². The highest BCUT2D eigenvalue weighted by Gasteiger charge is 2.17. The Morgan fingerprint density at radius 1 is 1.16 bits per heavy atom. The Hall–Kier alpha value is -2.86. The molecule has 1 fully saturated rings. The van der Waals surface area contributed by atoms with Crippen LogP contribution in [0.25, 0.3) is 0 Å². The van der Waals surface area contributed by atoms with Crippen molar-refractivity contribution in [2.45, 2.75) is 31.5 Å². The summed E-state index contributed by atoms with van der Waals surface area (Å²) in [5.41, 5.74) is 5.33. The van der Waals surface area contributed by atoms with Crippen molar-refractivity contribution in [3.8, 4) is 0 Å². The third kappa shape index (κ3) is 5.61. The van der Waals surface area contributed by atoms with E-state index in [0.29, 0.717) is 10.5 Å². The second kappa shape index (κ2) is 8.84. The number of nitrogens with one attached hydrogen (secondary N) is 1. The van der Waals surface area contributed by atoms with Crippen LogP contribution in [0.2, 0.25) is 0 Å². The number of nitrogens with zero attached hydrogens (tertiary/aromatic N) is 3. The van der Waals surface area contributed by atoms with Gasteiger partial charge in [0.15, 0.2) is 0 Å². The highest BCUT2D eigenvalue weighted by Crippen LogP contribution is 2.17. The maximum Gasteiger partial charge on any atom is 0.259 e. The van der Waals surface area contributed by atoms with Crippen LogP contribution in [0.5, 0.6) is 0 Å². The molecule has 1 aromatic rings. The Morgan fingerprint density at radius 2 is 1.64 bits per heavy atom. The van der Waals surface area contributed by atoms with Crippen LogP contribution in [0, 0.1) is 5.41 Å². The molecule has 2 atom stereocenters. The molecule has 0 amide bonds. The normalized spacial score (nSPS) is 16.3. The molecular formula is C13H19N5O7-2. The summed E-state index contributed by atoms with van der Waals surface area (Å²) in [6.45, 7) is 1.89. The molecular weight excluding hydrogens is 338 g/mol. The van der Waals surface area contributed by atoms with E-state index in [0.717, 1.165) is 25.9 Å². The van der Waals surface area contributed by atoms with Crippen LogP contribution in [-0.2, 0) is 9.59 Å². The lowest BCUT2D eigenvalue weighted by Crippen LogP contribution is -2.51. The van der Waals surface area contributed by atoms with E-state index in [1.807, 2.05) is 0 Å². The first-order valence-corrected chi connectivity index (χ1v) is 7.31. The topological polar surface area (TPSA) is 212 Å². The van der Waals surface area contributed by atoms with Crippen molar-refractivity contribution in [2.75, 3.05) is 23.7 Å². The van der Waals surface area contributed by atoms with Gasteiger partial charge in [-0.05, 0) is 19.3 Å².